The number of nitrogens with zero attached hydrogens (tertiary/aromatic N) is 1. The molecule has 0 spiro atoms. The fourth-order valence-corrected chi connectivity index (χ4v) is 2.08. The first-order valence-corrected chi connectivity index (χ1v) is 7.02. The number of aromatic nitrogens is 1. The normalized spacial score (nSPS) is 10.8. The summed E-state index contributed by atoms with van der Waals surface area (Å²) in [6, 6.07) is 11.6. The van der Waals surface area contributed by atoms with E-state index in [0.29, 0.717) is 18.3 Å². The van der Waals surface area contributed by atoms with E-state index in [-0.39, 0.29) is 0 Å². The van der Waals surface area contributed by atoms with Gasteiger partial charge in [0, 0.05) is 22.8 Å². The summed E-state index contributed by atoms with van der Waals surface area (Å²) < 4.78 is 6.77. The number of benzene rings is 1. The molecule has 3 nitrogen and oxygen atoms in total. The van der Waals surface area contributed by atoms with E-state index in [9.17, 15) is 0 Å². The third-order valence-corrected chi connectivity index (χ3v) is 3.22. The number of ether oxygens (including phenoxy) is 1. The molecule has 0 saturated heterocycles. The molecule has 1 aromatic heterocycles. The molecule has 0 aliphatic rings. The average Bonchev–Trinajstić information content (AvgIpc) is 2.38. The monoisotopic (exact) mass is 320 g/mol. The third-order valence-electron chi connectivity index (χ3n) is 2.73. The molecular formula is C15H17BrN2O. The van der Waals surface area contributed by atoms with Crippen molar-refractivity contribution in [3.8, 4) is 11.6 Å². The zero-order valence-electron chi connectivity index (χ0n) is 11.1. The van der Waals surface area contributed by atoms with Crippen LogP contribution in [0.5, 0.6) is 11.6 Å². The van der Waals surface area contributed by atoms with Gasteiger partial charge in [-0.05, 0) is 35.7 Å². The highest BCUT2D eigenvalue weighted by atomic mass is 79.9. The third kappa shape index (κ3) is 3.78. The highest BCUT2D eigenvalue weighted by molar-refractivity contribution is 9.10. The zero-order chi connectivity index (χ0) is 13.8. The Morgan fingerprint density at radius 1 is 1.26 bits per heavy atom. The van der Waals surface area contributed by atoms with Crippen molar-refractivity contribution in [1.82, 2.24) is 4.98 Å². The second kappa shape index (κ2) is 6.17. The average molecular weight is 321 g/mol. The highest BCUT2D eigenvalue weighted by Crippen LogP contribution is 2.25. The van der Waals surface area contributed by atoms with E-state index in [1.807, 2.05) is 36.4 Å². The van der Waals surface area contributed by atoms with Gasteiger partial charge in [0.05, 0.1) is 0 Å². The molecule has 0 bridgehead atoms. The largest absolute Gasteiger partial charge is 0.439 e. The van der Waals surface area contributed by atoms with E-state index in [2.05, 4.69) is 34.8 Å². The number of hydrogen-bond donors (Lipinski definition) is 1. The molecule has 0 aliphatic heterocycles. The van der Waals surface area contributed by atoms with Crippen molar-refractivity contribution in [2.45, 2.75) is 26.3 Å². The maximum Gasteiger partial charge on any atom is 0.219 e. The molecule has 0 amide bonds. The van der Waals surface area contributed by atoms with Gasteiger partial charge in [0.15, 0.2) is 0 Å². The van der Waals surface area contributed by atoms with E-state index >= 15 is 0 Å². The van der Waals surface area contributed by atoms with Crippen LogP contribution in [-0.4, -0.2) is 4.98 Å². The van der Waals surface area contributed by atoms with E-state index in [0.717, 1.165) is 21.5 Å². The Balaban J connectivity index is 2.31. The summed E-state index contributed by atoms with van der Waals surface area (Å²) >= 11 is 3.42. The molecule has 0 radical (unpaired) electrons. The van der Waals surface area contributed by atoms with E-state index in [1.165, 1.54) is 0 Å². The maximum atomic E-state index is 5.80. The quantitative estimate of drug-likeness (QED) is 0.917. The standard InChI is InChI=1S/C15H17BrN2O/c1-10(2)14-6-11(9-17)7-15(18-14)19-13-5-3-4-12(16)8-13/h3-8,10H,9,17H2,1-2H3. The van der Waals surface area contributed by atoms with Crippen LogP contribution in [0, 0.1) is 0 Å². The molecule has 2 N–H and O–H groups in total. The summed E-state index contributed by atoms with van der Waals surface area (Å²) in [6.45, 7) is 4.69. The van der Waals surface area contributed by atoms with E-state index in [4.69, 9.17) is 10.5 Å². The van der Waals surface area contributed by atoms with Crippen molar-refractivity contribution in [3.05, 3.63) is 52.1 Å². The molecule has 100 valence electrons. The Morgan fingerprint density at radius 2 is 2.05 bits per heavy atom. The molecular weight excluding hydrogens is 304 g/mol. The molecule has 2 aromatic rings. The van der Waals surface area contributed by atoms with Crippen LogP contribution in [0.2, 0.25) is 0 Å². The number of halogens is 1. The van der Waals surface area contributed by atoms with Crippen molar-refractivity contribution in [1.29, 1.82) is 0 Å². The van der Waals surface area contributed by atoms with Gasteiger partial charge in [-0.3, -0.25) is 0 Å². The summed E-state index contributed by atoms with van der Waals surface area (Å²) in [5, 5.41) is 0. The van der Waals surface area contributed by atoms with Gasteiger partial charge in [-0.2, -0.15) is 0 Å². The minimum absolute atomic E-state index is 0.344. The Hall–Kier alpha value is -1.39. The zero-order valence-corrected chi connectivity index (χ0v) is 12.6. The van der Waals surface area contributed by atoms with Crippen LogP contribution in [0.4, 0.5) is 0 Å². The van der Waals surface area contributed by atoms with Crippen LogP contribution >= 0.6 is 15.9 Å². The molecule has 1 aromatic carbocycles. The van der Waals surface area contributed by atoms with E-state index < -0.39 is 0 Å². The number of nitrogens with two attached hydrogens (primary N) is 1. The summed E-state index contributed by atoms with van der Waals surface area (Å²) in [5.74, 6) is 1.69. The van der Waals surface area contributed by atoms with Gasteiger partial charge in [0.25, 0.3) is 0 Å². The Morgan fingerprint density at radius 3 is 2.68 bits per heavy atom. The minimum atomic E-state index is 0.344. The number of rotatable bonds is 4. The first kappa shape index (κ1) is 14.0. The second-order valence-corrected chi connectivity index (χ2v) is 5.57. The number of pyridine rings is 1. The molecule has 0 aliphatic carbocycles. The van der Waals surface area contributed by atoms with Gasteiger partial charge in [-0.25, -0.2) is 4.98 Å². The molecule has 19 heavy (non-hydrogen) atoms. The van der Waals surface area contributed by atoms with Gasteiger partial charge >= 0.3 is 0 Å². The first-order chi connectivity index (χ1) is 9.08. The molecule has 2 rings (SSSR count). The summed E-state index contributed by atoms with van der Waals surface area (Å²) in [6.07, 6.45) is 0. The fourth-order valence-electron chi connectivity index (χ4n) is 1.70. The van der Waals surface area contributed by atoms with Gasteiger partial charge in [0.2, 0.25) is 5.88 Å². The van der Waals surface area contributed by atoms with Crippen molar-refractivity contribution < 1.29 is 4.74 Å². The van der Waals surface area contributed by atoms with Gasteiger partial charge in [0.1, 0.15) is 5.75 Å². The molecule has 0 atom stereocenters. The SMILES string of the molecule is CC(C)c1cc(CN)cc(Oc2cccc(Br)c2)n1. The second-order valence-electron chi connectivity index (χ2n) is 4.66. The van der Waals surface area contributed by atoms with Crippen LogP contribution in [0.1, 0.15) is 31.0 Å². The lowest BCUT2D eigenvalue weighted by atomic mass is 10.1. The smallest absolute Gasteiger partial charge is 0.219 e. The lowest BCUT2D eigenvalue weighted by Crippen LogP contribution is -2.02. The molecule has 1 heterocycles. The lowest BCUT2D eigenvalue weighted by Gasteiger charge is -2.11. The van der Waals surface area contributed by atoms with Gasteiger partial charge in [-0.1, -0.05) is 35.8 Å². The topological polar surface area (TPSA) is 48.1 Å². The van der Waals surface area contributed by atoms with Crippen LogP contribution in [0.15, 0.2) is 40.9 Å². The van der Waals surface area contributed by atoms with E-state index in [1.54, 1.807) is 0 Å². The predicted molar refractivity (Wildman–Crippen MR) is 80.4 cm³/mol. The first-order valence-electron chi connectivity index (χ1n) is 6.23. The molecule has 4 heteroatoms. The summed E-state index contributed by atoms with van der Waals surface area (Å²) in [5.41, 5.74) is 7.74. The summed E-state index contributed by atoms with van der Waals surface area (Å²) in [7, 11) is 0. The maximum absolute atomic E-state index is 5.80. The van der Waals surface area contributed by atoms with Crippen molar-refractivity contribution in [2.75, 3.05) is 0 Å². The van der Waals surface area contributed by atoms with Crippen molar-refractivity contribution >= 4 is 15.9 Å². The molecule has 0 saturated carbocycles. The van der Waals surface area contributed by atoms with Crippen LogP contribution in [0.3, 0.4) is 0 Å². The van der Waals surface area contributed by atoms with Gasteiger partial charge in [-0.15, -0.1) is 0 Å². The van der Waals surface area contributed by atoms with Crippen molar-refractivity contribution in [3.63, 3.8) is 0 Å². The Bertz CT molecular complexity index is 570. The molecule has 0 fully saturated rings. The Labute approximate surface area is 121 Å². The highest BCUT2D eigenvalue weighted by Gasteiger charge is 2.07. The summed E-state index contributed by atoms with van der Waals surface area (Å²) in [4.78, 5) is 4.51. The minimum Gasteiger partial charge on any atom is -0.439 e. The van der Waals surface area contributed by atoms with Gasteiger partial charge < -0.3 is 10.5 Å². The van der Waals surface area contributed by atoms with Crippen molar-refractivity contribution in [2.24, 2.45) is 5.73 Å². The lowest BCUT2D eigenvalue weighted by molar-refractivity contribution is 0.458. The fraction of sp³-hybridized carbons (Fsp3) is 0.267. The van der Waals surface area contributed by atoms with Crippen LogP contribution in [0.25, 0.3) is 0 Å². The van der Waals surface area contributed by atoms with Crippen LogP contribution < -0.4 is 10.5 Å². The Kier molecular flexibility index (Phi) is 4.56. The predicted octanol–water partition coefficient (Wildman–Crippen LogP) is 4.22. The number of hydrogen-bond acceptors (Lipinski definition) is 3. The van der Waals surface area contributed by atoms with Crippen LogP contribution in [-0.2, 0) is 6.54 Å². The molecule has 0 unspecified atom stereocenters.